The lowest BCUT2D eigenvalue weighted by Gasteiger charge is -2.10. The van der Waals surface area contributed by atoms with E-state index in [4.69, 9.17) is 0 Å². The van der Waals surface area contributed by atoms with Crippen molar-refractivity contribution >= 4 is 17.2 Å². The molecule has 0 aliphatic carbocycles. The molecule has 1 N–H and O–H groups in total. The van der Waals surface area contributed by atoms with Crippen LogP contribution in [0.3, 0.4) is 0 Å². The summed E-state index contributed by atoms with van der Waals surface area (Å²) in [6.45, 7) is 2.46. The molecule has 0 spiro atoms. The van der Waals surface area contributed by atoms with E-state index in [1.54, 1.807) is 7.05 Å². The van der Waals surface area contributed by atoms with Crippen LogP contribution in [0, 0.1) is 0 Å². The minimum atomic E-state index is -0.400. The van der Waals surface area contributed by atoms with Crippen LogP contribution in [0.25, 0.3) is 39.8 Å². The average molecular weight is 469 g/mol. The SMILES string of the molecule is CC/C=C/c1nc2c(c(=O)n(C)c(=O)n2C)n1Cc1ccc(-c2ccccc2-c2nn[nH]n2)cc1. The zero-order valence-electron chi connectivity index (χ0n) is 19.6. The Morgan fingerprint density at radius 1 is 0.971 bits per heavy atom. The number of fused-ring (bicyclic) bond motifs is 1. The largest absolute Gasteiger partial charge is 0.332 e. The summed E-state index contributed by atoms with van der Waals surface area (Å²) >= 11 is 0. The molecule has 5 aromatic rings. The van der Waals surface area contributed by atoms with Crippen LogP contribution >= 0.6 is 0 Å². The van der Waals surface area contributed by atoms with Gasteiger partial charge in [0, 0.05) is 26.2 Å². The number of nitrogens with zero attached hydrogens (tertiary/aromatic N) is 7. The van der Waals surface area contributed by atoms with Crippen molar-refractivity contribution in [2.45, 2.75) is 19.9 Å². The molecule has 0 fully saturated rings. The molecular formula is C25H24N8O2. The van der Waals surface area contributed by atoms with Gasteiger partial charge in [-0.3, -0.25) is 13.9 Å². The Balaban J connectivity index is 1.57. The highest BCUT2D eigenvalue weighted by Gasteiger charge is 2.18. The van der Waals surface area contributed by atoms with Gasteiger partial charge in [-0.2, -0.15) is 5.21 Å². The fourth-order valence-corrected chi connectivity index (χ4v) is 4.15. The Morgan fingerprint density at radius 3 is 2.40 bits per heavy atom. The third-order valence-corrected chi connectivity index (χ3v) is 6.00. The van der Waals surface area contributed by atoms with Crippen LogP contribution in [0.4, 0.5) is 0 Å². The predicted octanol–water partition coefficient (Wildman–Crippen LogP) is 2.75. The predicted molar refractivity (Wildman–Crippen MR) is 134 cm³/mol. The first-order chi connectivity index (χ1) is 17.0. The molecule has 5 rings (SSSR count). The number of hydrogen-bond donors (Lipinski definition) is 1. The first-order valence-corrected chi connectivity index (χ1v) is 11.2. The summed E-state index contributed by atoms with van der Waals surface area (Å²) in [5.74, 6) is 1.16. The summed E-state index contributed by atoms with van der Waals surface area (Å²) in [4.78, 5) is 30.1. The number of tetrazole rings is 1. The Morgan fingerprint density at radius 2 is 1.71 bits per heavy atom. The summed E-state index contributed by atoms with van der Waals surface area (Å²) in [6, 6.07) is 16.0. The van der Waals surface area contributed by atoms with Crippen molar-refractivity contribution in [2.75, 3.05) is 0 Å². The molecule has 3 aromatic heterocycles. The number of aromatic amines is 1. The van der Waals surface area contributed by atoms with Crippen LogP contribution in [-0.4, -0.2) is 39.3 Å². The maximum Gasteiger partial charge on any atom is 0.332 e. The van der Waals surface area contributed by atoms with Crippen molar-refractivity contribution in [3.63, 3.8) is 0 Å². The van der Waals surface area contributed by atoms with E-state index in [1.165, 1.54) is 11.6 Å². The van der Waals surface area contributed by atoms with Gasteiger partial charge in [-0.25, -0.2) is 9.78 Å². The first-order valence-electron chi connectivity index (χ1n) is 11.2. The third-order valence-electron chi connectivity index (χ3n) is 6.00. The second kappa shape index (κ2) is 8.98. The Kier molecular flexibility index (Phi) is 5.69. The molecule has 0 radical (unpaired) electrons. The maximum absolute atomic E-state index is 13.0. The normalized spacial score (nSPS) is 11.6. The molecule has 0 amide bonds. The van der Waals surface area contributed by atoms with Crippen molar-refractivity contribution in [1.82, 2.24) is 39.3 Å². The zero-order valence-corrected chi connectivity index (χ0v) is 19.6. The van der Waals surface area contributed by atoms with Crippen LogP contribution in [0.5, 0.6) is 0 Å². The summed E-state index contributed by atoms with van der Waals surface area (Å²) in [5.41, 5.74) is 3.88. The van der Waals surface area contributed by atoms with Crippen molar-refractivity contribution in [3.8, 4) is 22.5 Å². The molecule has 0 aliphatic heterocycles. The van der Waals surface area contributed by atoms with Crippen molar-refractivity contribution in [1.29, 1.82) is 0 Å². The molecule has 0 bridgehead atoms. The number of H-pyrrole nitrogens is 1. The van der Waals surface area contributed by atoms with Crippen LogP contribution in [0.15, 0.2) is 64.2 Å². The summed E-state index contributed by atoms with van der Waals surface area (Å²) in [7, 11) is 3.11. The van der Waals surface area contributed by atoms with Gasteiger partial charge in [-0.15, -0.1) is 10.2 Å². The molecule has 35 heavy (non-hydrogen) atoms. The van der Waals surface area contributed by atoms with Crippen molar-refractivity contribution in [2.24, 2.45) is 14.1 Å². The average Bonchev–Trinajstić information content (AvgIpc) is 3.54. The monoisotopic (exact) mass is 468 g/mol. The van der Waals surface area contributed by atoms with Gasteiger partial charge in [0.15, 0.2) is 11.2 Å². The highest BCUT2D eigenvalue weighted by molar-refractivity contribution is 5.80. The maximum atomic E-state index is 13.0. The number of hydrogen-bond acceptors (Lipinski definition) is 6. The smallest absolute Gasteiger partial charge is 0.314 e. The van der Waals surface area contributed by atoms with Gasteiger partial charge in [0.1, 0.15) is 5.82 Å². The molecule has 10 nitrogen and oxygen atoms in total. The number of rotatable bonds is 6. The molecular weight excluding hydrogens is 444 g/mol. The Hall–Kier alpha value is -4.60. The minimum Gasteiger partial charge on any atom is -0.314 e. The fourth-order valence-electron chi connectivity index (χ4n) is 4.15. The second-order valence-electron chi connectivity index (χ2n) is 8.22. The first kappa shape index (κ1) is 22.2. The van der Waals surface area contributed by atoms with Crippen LogP contribution in [0.2, 0.25) is 0 Å². The Bertz CT molecular complexity index is 1660. The van der Waals surface area contributed by atoms with E-state index in [9.17, 15) is 9.59 Å². The number of nitrogens with one attached hydrogen (secondary N) is 1. The molecule has 0 aliphatic rings. The summed E-state index contributed by atoms with van der Waals surface area (Å²) in [5, 5.41) is 14.4. The molecule has 3 heterocycles. The van der Waals surface area contributed by atoms with Crippen LogP contribution < -0.4 is 11.2 Å². The van der Waals surface area contributed by atoms with E-state index in [0.717, 1.165) is 33.2 Å². The summed E-state index contributed by atoms with van der Waals surface area (Å²) in [6.07, 6.45) is 4.70. The van der Waals surface area contributed by atoms with Crippen LogP contribution in [-0.2, 0) is 20.6 Å². The number of imidazole rings is 1. The third kappa shape index (κ3) is 3.88. The van der Waals surface area contributed by atoms with E-state index >= 15 is 0 Å². The van der Waals surface area contributed by atoms with Gasteiger partial charge < -0.3 is 4.57 Å². The molecule has 0 unspecified atom stereocenters. The highest BCUT2D eigenvalue weighted by Crippen LogP contribution is 2.30. The van der Waals surface area contributed by atoms with Gasteiger partial charge >= 0.3 is 5.69 Å². The molecule has 0 atom stereocenters. The Labute approximate surface area is 200 Å². The van der Waals surface area contributed by atoms with Crippen LogP contribution in [0.1, 0.15) is 24.7 Å². The van der Waals surface area contributed by atoms with E-state index in [1.807, 2.05) is 72.2 Å². The van der Waals surface area contributed by atoms with Gasteiger partial charge in [-0.05, 0) is 34.4 Å². The topological polar surface area (TPSA) is 116 Å². The molecule has 176 valence electrons. The molecule has 10 heteroatoms. The number of allylic oxidation sites excluding steroid dienone is 1. The van der Waals surface area contributed by atoms with Crippen molar-refractivity contribution < 1.29 is 0 Å². The number of aryl methyl sites for hydroxylation is 1. The van der Waals surface area contributed by atoms with E-state index in [0.29, 0.717) is 29.4 Å². The zero-order chi connectivity index (χ0) is 24.5. The lowest BCUT2D eigenvalue weighted by atomic mass is 9.98. The van der Waals surface area contributed by atoms with Gasteiger partial charge in [-0.1, -0.05) is 61.5 Å². The van der Waals surface area contributed by atoms with E-state index in [2.05, 4.69) is 25.6 Å². The highest BCUT2D eigenvalue weighted by atomic mass is 16.2. The lowest BCUT2D eigenvalue weighted by Crippen LogP contribution is -2.37. The second-order valence-corrected chi connectivity index (χ2v) is 8.22. The fraction of sp³-hybridized carbons (Fsp3) is 0.200. The summed E-state index contributed by atoms with van der Waals surface area (Å²) < 4.78 is 4.39. The van der Waals surface area contributed by atoms with E-state index in [-0.39, 0.29) is 5.56 Å². The van der Waals surface area contributed by atoms with Crippen molar-refractivity contribution in [3.05, 3.63) is 86.8 Å². The van der Waals surface area contributed by atoms with Gasteiger partial charge in [0.05, 0.1) is 0 Å². The molecule has 0 saturated heterocycles. The van der Waals surface area contributed by atoms with Gasteiger partial charge in [0.2, 0.25) is 5.82 Å². The number of aromatic nitrogens is 8. The van der Waals surface area contributed by atoms with Gasteiger partial charge in [0.25, 0.3) is 5.56 Å². The lowest BCUT2D eigenvalue weighted by molar-refractivity contribution is 0.702. The molecule has 2 aromatic carbocycles. The standard InChI is InChI=1S/C25H24N8O2/c1-4-5-10-20-26-23-21(24(34)32(3)25(35)31(23)2)33(20)15-16-11-13-17(14-12-16)18-8-6-7-9-19(18)22-27-29-30-28-22/h5-14H,4,15H2,1-3H3,(H,27,28,29,30)/b10-5+. The molecule has 0 saturated carbocycles. The number of benzene rings is 2. The quantitative estimate of drug-likeness (QED) is 0.410. The minimum absolute atomic E-state index is 0.364. The van der Waals surface area contributed by atoms with E-state index < -0.39 is 5.69 Å².